The van der Waals surface area contributed by atoms with Gasteiger partial charge in [-0.2, -0.15) is 0 Å². The summed E-state index contributed by atoms with van der Waals surface area (Å²) >= 11 is 0. The Bertz CT molecular complexity index is 2030. The molecule has 12 nitrogen and oxygen atoms in total. The number of hydrogen-bond donors (Lipinski definition) is 3. The Morgan fingerprint density at radius 3 is 2.46 bits per heavy atom. The lowest BCUT2D eigenvalue weighted by Crippen LogP contribution is -2.58. The van der Waals surface area contributed by atoms with Crippen LogP contribution in [0.2, 0.25) is 0 Å². The van der Waals surface area contributed by atoms with E-state index in [-0.39, 0.29) is 25.5 Å². The number of methoxy groups -OCH3 is 1. The fourth-order valence-electron chi connectivity index (χ4n) is 7.51. The first-order valence-corrected chi connectivity index (χ1v) is 20.1. The van der Waals surface area contributed by atoms with Crippen molar-refractivity contribution in [3.8, 4) is 34.3 Å². The molecule has 1 aromatic heterocycles. The summed E-state index contributed by atoms with van der Waals surface area (Å²) in [7, 11) is -2.62. The van der Waals surface area contributed by atoms with Crippen molar-refractivity contribution < 1.29 is 38.1 Å². The molecule has 2 saturated carbocycles. The van der Waals surface area contributed by atoms with Gasteiger partial charge in [0.25, 0.3) is 7.37 Å². The quantitative estimate of drug-likeness (QED) is 0.111. The summed E-state index contributed by atoms with van der Waals surface area (Å²) in [6, 6.07) is 14.8. The monoisotopic (exact) mass is 756 g/mol. The number of carbonyl (C=O) groups is 3. The Hall–Kier alpha value is -4.85. The summed E-state index contributed by atoms with van der Waals surface area (Å²) in [6.45, 7) is 10.7. The molecule has 3 amide bonds. The van der Waals surface area contributed by atoms with Crippen LogP contribution in [0.25, 0.3) is 22.2 Å². The number of nitrogens with one attached hydrogen (secondary N) is 2. The summed E-state index contributed by atoms with van der Waals surface area (Å²) in [5, 5.41) is 4.81. The molecule has 1 aliphatic heterocycles. The number of carbonyl (C=O) groups excluding carboxylic acids is 3. The lowest BCUT2D eigenvalue weighted by Gasteiger charge is -2.35. The molecule has 3 fully saturated rings. The number of benzene rings is 2. The maximum absolute atomic E-state index is 14.7. The molecule has 1 saturated heterocycles. The molecule has 286 valence electrons. The van der Waals surface area contributed by atoms with E-state index < -0.39 is 60.1 Å². The highest BCUT2D eigenvalue weighted by molar-refractivity contribution is 7.65. The number of fused-ring (bicyclic) bond motifs is 1. The van der Waals surface area contributed by atoms with Crippen molar-refractivity contribution >= 4 is 36.2 Å². The van der Waals surface area contributed by atoms with E-state index >= 15 is 0 Å². The van der Waals surface area contributed by atoms with Crippen LogP contribution in [0.1, 0.15) is 66.2 Å². The zero-order chi connectivity index (χ0) is 38.8. The van der Waals surface area contributed by atoms with Crippen molar-refractivity contribution in [3.63, 3.8) is 0 Å². The van der Waals surface area contributed by atoms with Crippen LogP contribution < -0.4 is 20.1 Å². The van der Waals surface area contributed by atoms with Crippen molar-refractivity contribution in [3.05, 3.63) is 67.3 Å². The molecule has 2 aliphatic carbocycles. The first kappa shape index (κ1) is 38.9. The molecular formula is C41H49N4O8P. The van der Waals surface area contributed by atoms with E-state index in [2.05, 4.69) is 28.8 Å². The fourth-order valence-corrected chi connectivity index (χ4v) is 9.27. The molecule has 2 aromatic carbocycles. The molecule has 3 N–H and O–H groups in total. The fraction of sp³-hybridized carbons (Fsp3) is 0.463. The number of aromatic nitrogens is 1. The van der Waals surface area contributed by atoms with Gasteiger partial charge in [0.15, 0.2) is 0 Å². The number of alkyl carbamates (subject to hydrolysis) is 1. The lowest BCUT2D eigenvalue weighted by molar-refractivity contribution is -0.142. The van der Waals surface area contributed by atoms with Crippen LogP contribution in [0, 0.1) is 22.9 Å². The van der Waals surface area contributed by atoms with Crippen LogP contribution in [0.4, 0.5) is 4.79 Å². The highest BCUT2D eigenvalue weighted by Crippen LogP contribution is 2.69. The first-order chi connectivity index (χ1) is 25.7. The van der Waals surface area contributed by atoms with Gasteiger partial charge in [-0.1, -0.05) is 63.1 Å². The van der Waals surface area contributed by atoms with E-state index in [9.17, 15) is 23.8 Å². The summed E-state index contributed by atoms with van der Waals surface area (Å²) < 4.78 is 31.3. The zero-order valence-electron chi connectivity index (χ0n) is 31.5. The molecule has 0 bridgehead atoms. The van der Waals surface area contributed by atoms with E-state index in [4.69, 9.17) is 19.2 Å². The molecule has 3 aromatic rings. The van der Waals surface area contributed by atoms with Crippen LogP contribution >= 0.6 is 7.37 Å². The van der Waals surface area contributed by atoms with E-state index in [1.807, 2.05) is 75.4 Å². The van der Waals surface area contributed by atoms with Gasteiger partial charge in [-0.3, -0.25) is 14.2 Å². The zero-order valence-corrected chi connectivity index (χ0v) is 32.4. The minimum Gasteiger partial charge on any atom is -0.497 e. The third-order valence-corrected chi connectivity index (χ3v) is 12.8. The number of rotatable bonds is 11. The second-order valence-corrected chi connectivity index (χ2v) is 17.6. The number of likely N-dealkylation sites (tertiary alicyclic amines) is 1. The smallest absolute Gasteiger partial charge is 0.408 e. The highest BCUT2D eigenvalue weighted by atomic mass is 31.2. The molecule has 0 spiro atoms. The summed E-state index contributed by atoms with van der Waals surface area (Å²) in [4.78, 5) is 59.5. The molecule has 6 atom stereocenters. The molecular weight excluding hydrogens is 707 g/mol. The summed E-state index contributed by atoms with van der Waals surface area (Å²) in [5.74, 6) is 2.02. The summed E-state index contributed by atoms with van der Waals surface area (Å²) in [6.07, 6.45) is 3.65. The van der Waals surface area contributed by atoms with Crippen molar-refractivity contribution in [2.75, 3.05) is 13.7 Å². The van der Waals surface area contributed by atoms with Crippen molar-refractivity contribution in [1.29, 1.82) is 0 Å². The average Bonchev–Trinajstić information content (AvgIpc) is 3.41. The predicted octanol–water partition coefficient (Wildman–Crippen LogP) is 6.61. The average molecular weight is 757 g/mol. The Morgan fingerprint density at radius 2 is 1.83 bits per heavy atom. The topological polar surface area (TPSA) is 156 Å². The van der Waals surface area contributed by atoms with Gasteiger partial charge < -0.3 is 34.6 Å². The Kier molecular flexibility index (Phi) is 11.1. The Labute approximate surface area is 316 Å². The standard InChI is InChI=1S/C41H49N4O8P/c1-7-20-54(49,50)41(24-27(41)8-2)44-37(46)34-22-30(25-45(34)38(47)36(40(3,4)5)43-39(48)53-28-16-12-13-17-28)52-35-23-32(26-14-10-9-11-15-26)42-33-21-29(51-6)18-19-31(33)35/h8-11,14-15,18-19,21,23,27-28,30,34,36H,2,12-13,16-17,22,24-25H2,1,3-6H3,(H,43,48)(H,44,46)(H,49,50)/t27-,30-,34+,36?,41+/m1/s1. The molecule has 2 heterocycles. The second-order valence-electron chi connectivity index (χ2n) is 15.4. The van der Waals surface area contributed by atoms with Gasteiger partial charge in [0.1, 0.15) is 41.1 Å². The van der Waals surface area contributed by atoms with E-state index in [1.54, 1.807) is 7.11 Å². The van der Waals surface area contributed by atoms with Gasteiger partial charge in [-0.25, -0.2) is 9.78 Å². The van der Waals surface area contributed by atoms with Crippen LogP contribution in [0.3, 0.4) is 0 Å². The molecule has 54 heavy (non-hydrogen) atoms. The van der Waals surface area contributed by atoms with Gasteiger partial charge in [-0.05, 0) is 62.2 Å². The number of pyridine rings is 1. The largest absolute Gasteiger partial charge is 0.497 e. The Balaban J connectivity index is 1.35. The van der Waals surface area contributed by atoms with Crippen LogP contribution in [0.15, 0.2) is 67.3 Å². The van der Waals surface area contributed by atoms with Gasteiger partial charge >= 0.3 is 6.09 Å². The van der Waals surface area contributed by atoms with Gasteiger partial charge in [-0.15, -0.1) is 6.58 Å². The van der Waals surface area contributed by atoms with Crippen LogP contribution in [-0.4, -0.2) is 75.9 Å². The minimum atomic E-state index is -4.20. The van der Waals surface area contributed by atoms with Crippen molar-refractivity contribution in [1.82, 2.24) is 20.5 Å². The summed E-state index contributed by atoms with van der Waals surface area (Å²) in [5.41, 5.74) is 3.79. The highest BCUT2D eigenvalue weighted by Gasteiger charge is 2.66. The predicted molar refractivity (Wildman–Crippen MR) is 206 cm³/mol. The molecule has 0 radical (unpaired) electrons. The molecule has 3 aliphatic rings. The van der Waals surface area contributed by atoms with Gasteiger partial charge in [0, 0.05) is 35.4 Å². The SMILES string of the molecule is C=C[C@@H]1C[C@]1(NC(=O)[C@@H]1C[C@@H](Oc2cc(-c3ccccc3)nc3cc(OC)ccc23)CN1C(=O)C(NC(=O)OC1CCCC1)C(C)(C)C)P(=O)(O)C#CC. The second kappa shape index (κ2) is 15.5. The first-order valence-electron chi connectivity index (χ1n) is 18.4. The number of amides is 3. The maximum atomic E-state index is 14.7. The Morgan fingerprint density at radius 1 is 1.11 bits per heavy atom. The van der Waals surface area contributed by atoms with Gasteiger partial charge in [0.05, 0.1) is 24.9 Å². The van der Waals surface area contributed by atoms with E-state index in [0.29, 0.717) is 28.1 Å². The normalized spacial score (nSPS) is 24.0. The maximum Gasteiger partial charge on any atom is 0.408 e. The molecule has 6 rings (SSSR count). The third kappa shape index (κ3) is 7.98. The lowest BCUT2D eigenvalue weighted by atomic mass is 9.85. The van der Waals surface area contributed by atoms with Crippen molar-refractivity contribution in [2.24, 2.45) is 11.3 Å². The van der Waals surface area contributed by atoms with Crippen molar-refractivity contribution in [2.45, 2.75) is 95.8 Å². The van der Waals surface area contributed by atoms with E-state index in [0.717, 1.165) is 31.2 Å². The third-order valence-electron chi connectivity index (χ3n) is 10.6. The van der Waals surface area contributed by atoms with Crippen LogP contribution in [0.5, 0.6) is 11.5 Å². The number of hydrogen-bond acceptors (Lipinski definition) is 8. The molecule has 13 heteroatoms. The van der Waals surface area contributed by atoms with Gasteiger partial charge in [0.2, 0.25) is 11.8 Å². The number of ether oxygens (including phenoxy) is 3. The van der Waals surface area contributed by atoms with E-state index in [1.165, 1.54) is 17.9 Å². The molecule has 2 unspecified atom stereocenters. The number of nitrogens with zero attached hydrogens (tertiary/aromatic N) is 2. The minimum absolute atomic E-state index is 0.00701. The van der Waals surface area contributed by atoms with Crippen LogP contribution in [-0.2, 0) is 18.9 Å².